The van der Waals surface area contributed by atoms with Crippen LogP contribution in [0.2, 0.25) is 0 Å². The minimum Gasteiger partial charge on any atom is -0.463 e. The Bertz CT molecular complexity index is 470. The summed E-state index contributed by atoms with van der Waals surface area (Å²) in [6, 6.07) is 10.1. The Morgan fingerprint density at radius 1 is 1.32 bits per heavy atom. The molecule has 2 fully saturated rings. The third-order valence-corrected chi connectivity index (χ3v) is 4.32. The molecule has 0 aromatic heterocycles. The van der Waals surface area contributed by atoms with Crippen LogP contribution in [0, 0.1) is 0 Å². The number of fused-ring (bicyclic) bond motifs is 1. The van der Waals surface area contributed by atoms with Crippen molar-refractivity contribution in [2.75, 3.05) is 6.61 Å². The number of unbranched alkanes of at least 4 members (excludes halogenated alkanes) is 1. The Morgan fingerprint density at radius 2 is 2.11 bits per heavy atom. The quantitative estimate of drug-likeness (QED) is 0.463. The summed E-state index contributed by atoms with van der Waals surface area (Å²) in [5.74, 6) is -0.165. The van der Waals surface area contributed by atoms with Gasteiger partial charge in [-0.05, 0) is 31.2 Å². The van der Waals surface area contributed by atoms with Gasteiger partial charge in [-0.1, -0.05) is 43.7 Å². The van der Waals surface area contributed by atoms with Gasteiger partial charge in [0.2, 0.25) is 0 Å². The minimum absolute atomic E-state index is 0.165. The van der Waals surface area contributed by atoms with Gasteiger partial charge in [-0.3, -0.25) is 0 Å². The number of epoxide rings is 1. The molecule has 1 aliphatic carbocycles. The summed E-state index contributed by atoms with van der Waals surface area (Å²) >= 11 is 0. The van der Waals surface area contributed by atoms with E-state index >= 15 is 0 Å². The van der Waals surface area contributed by atoms with Gasteiger partial charge in [0.1, 0.15) is 5.60 Å². The van der Waals surface area contributed by atoms with E-state index in [9.17, 15) is 4.79 Å². The second-order valence-corrected chi connectivity index (χ2v) is 5.47. The molecule has 0 bridgehead atoms. The molecule has 0 spiro atoms. The van der Waals surface area contributed by atoms with Crippen LogP contribution in [0.25, 0.3) is 0 Å². The lowest BCUT2D eigenvalue weighted by Crippen LogP contribution is -2.30. The summed E-state index contributed by atoms with van der Waals surface area (Å²) in [4.78, 5) is 12.3. The van der Waals surface area contributed by atoms with Crippen molar-refractivity contribution in [1.29, 1.82) is 0 Å². The van der Waals surface area contributed by atoms with Crippen molar-refractivity contribution in [1.82, 2.24) is 0 Å². The highest BCUT2D eigenvalue weighted by Crippen LogP contribution is 2.66. The summed E-state index contributed by atoms with van der Waals surface area (Å²) in [7, 11) is 0. The number of carbonyl (C=O) groups excluding carboxylic acids is 1. The number of rotatable bonds is 5. The highest BCUT2D eigenvalue weighted by Gasteiger charge is 2.78. The Labute approximate surface area is 113 Å². The highest BCUT2D eigenvalue weighted by molar-refractivity contribution is 5.86. The molecule has 3 nitrogen and oxygen atoms in total. The fourth-order valence-electron chi connectivity index (χ4n) is 3.24. The Morgan fingerprint density at radius 3 is 2.84 bits per heavy atom. The molecule has 1 saturated carbocycles. The van der Waals surface area contributed by atoms with Crippen LogP contribution in [0.3, 0.4) is 0 Å². The first-order valence-electron chi connectivity index (χ1n) is 7.18. The van der Waals surface area contributed by atoms with Crippen LogP contribution in [-0.2, 0) is 19.9 Å². The lowest BCUT2D eigenvalue weighted by molar-refractivity contribution is -0.150. The summed E-state index contributed by atoms with van der Waals surface area (Å²) in [6.07, 6.45) is 4.68. The van der Waals surface area contributed by atoms with Gasteiger partial charge in [-0.25, -0.2) is 4.79 Å². The molecule has 0 N–H and O–H groups in total. The average Bonchev–Trinajstić information content (AvgIpc) is 2.98. The first-order chi connectivity index (χ1) is 9.25. The topological polar surface area (TPSA) is 38.8 Å². The van der Waals surface area contributed by atoms with Crippen molar-refractivity contribution >= 4 is 5.97 Å². The van der Waals surface area contributed by atoms with E-state index in [4.69, 9.17) is 9.47 Å². The third-order valence-electron chi connectivity index (χ3n) is 4.32. The van der Waals surface area contributed by atoms with Crippen LogP contribution in [0.5, 0.6) is 0 Å². The number of ether oxygens (including phenoxy) is 2. The van der Waals surface area contributed by atoms with Gasteiger partial charge >= 0.3 is 5.97 Å². The molecule has 1 aromatic carbocycles. The predicted molar refractivity (Wildman–Crippen MR) is 71.7 cm³/mol. The van der Waals surface area contributed by atoms with E-state index in [0.717, 1.165) is 37.7 Å². The van der Waals surface area contributed by atoms with E-state index in [-0.39, 0.29) is 5.97 Å². The molecule has 0 amide bonds. The van der Waals surface area contributed by atoms with Crippen molar-refractivity contribution in [3.8, 4) is 0 Å². The summed E-state index contributed by atoms with van der Waals surface area (Å²) < 4.78 is 11.3. The molecule has 2 atom stereocenters. The summed E-state index contributed by atoms with van der Waals surface area (Å²) in [6.45, 7) is 2.59. The largest absolute Gasteiger partial charge is 0.463 e. The summed E-state index contributed by atoms with van der Waals surface area (Å²) in [5.41, 5.74) is 0.0135. The van der Waals surface area contributed by atoms with Gasteiger partial charge in [0, 0.05) is 0 Å². The predicted octanol–water partition coefficient (Wildman–Crippen LogP) is 3.18. The molecular weight excluding hydrogens is 240 g/mol. The number of carbonyl (C=O) groups is 1. The van der Waals surface area contributed by atoms with Crippen LogP contribution < -0.4 is 0 Å². The maximum Gasteiger partial charge on any atom is 0.341 e. The van der Waals surface area contributed by atoms with Crippen molar-refractivity contribution in [2.24, 2.45) is 0 Å². The van der Waals surface area contributed by atoms with Crippen LogP contribution >= 0.6 is 0 Å². The number of benzene rings is 1. The molecule has 102 valence electrons. The third kappa shape index (κ3) is 1.79. The van der Waals surface area contributed by atoms with Gasteiger partial charge in [-0.15, -0.1) is 0 Å². The maximum absolute atomic E-state index is 12.3. The number of hydrogen-bond donors (Lipinski definition) is 0. The van der Waals surface area contributed by atoms with Gasteiger partial charge in [0.05, 0.1) is 6.61 Å². The van der Waals surface area contributed by atoms with Crippen LogP contribution in [0.1, 0.15) is 44.6 Å². The van der Waals surface area contributed by atoms with Crippen molar-refractivity contribution in [2.45, 2.75) is 50.2 Å². The second kappa shape index (κ2) is 4.64. The fraction of sp³-hybridized carbons (Fsp3) is 0.562. The summed E-state index contributed by atoms with van der Waals surface area (Å²) in [5, 5.41) is 0. The molecule has 19 heavy (non-hydrogen) atoms. The van der Waals surface area contributed by atoms with E-state index in [0.29, 0.717) is 6.61 Å². The normalized spacial score (nSPS) is 31.8. The van der Waals surface area contributed by atoms with E-state index in [1.165, 1.54) is 0 Å². The zero-order valence-electron chi connectivity index (χ0n) is 11.4. The van der Waals surface area contributed by atoms with Crippen molar-refractivity contribution < 1.29 is 14.3 Å². The fourth-order valence-corrected chi connectivity index (χ4v) is 3.24. The molecule has 3 heteroatoms. The monoisotopic (exact) mass is 260 g/mol. The molecule has 1 saturated heterocycles. The minimum atomic E-state index is -0.692. The zero-order chi connectivity index (χ0) is 13.3. The molecule has 3 rings (SSSR count). The number of esters is 1. The van der Waals surface area contributed by atoms with E-state index in [1.54, 1.807) is 0 Å². The molecular formula is C16H20O3. The van der Waals surface area contributed by atoms with Gasteiger partial charge in [0.15, 0.2) is 5.60 Å². The van der Waals surface area contributed by atoms with Gasteiger partial charge < -0.3 is 9.47 Å². The highest BCUT2D eigenvalue weighted by atomic mass is 16.7. The standard InChI is InChI=1S/C16H20O3/c1-2-3-12-18-14(17)16-11-7-10-15(16,19-16)13-8-5-4-6-9-13/h4-6,8-9H,2-3,7,10-12H2,1H3. The molecule has 2 aliphatic rings. The second-order valence-electron chi connectivity index (χ2n) is 5.47. The van der Waals surface area contributed by atoms with Crippen LogP contribution in [-0.4, -0.2) is 18.2 Å². The lowest BCUT2D eigenvalue weighted by atomic mass is 9.89. The lowest BCUT2D eigenvalue weighted by Gasteiger charge is -2.12. The Balaban J connectivity index is 1.77. The van der Waals surface area contributed by atoms with E-state index < -0.39 is 11.2 Å². The molecule has 1 aliphatic heterocycles. The molecule has 2 unspecified atom stereocenters. The van der Waals surface area contributed by atoms with Crippen molar-refractivity contribution in [3.05, 3.63) is 35.9 Å². The molecule has 1 aromatic rings. The van der Waals surface area contributed by atoms with Gasteiger partial charge in [-0.2, -0.15) is 0 Å². The van der Waals surface area contributed by atoms with E-state index in [2.05, 4.69) is 6.92 Å². The van der Waals surface area contributed by atoms with Gasteiger partial charge in [0.25, 0.3) is 0 Å². The Kier molecular flexibility index (Phi) is 3.09. The van der Waals surface area contributed by atoms with Crippen LogP contribution in [0.4, 0.5) is 0 Å². The number of hydrogen-bond acceptors (Lipinski definition) is 3. The maximum atomic E-state index is 12.3. The first-order valence-corrected chi connectivity index (χ1v) is 7.18. The van der Waals surface area contributed by atoms with Crippen LogP contribution in [0.15, 0.2) is 30.3 Å². The molecule has 0 radical (unpaired) electrons. The van der Waals surface area contributed by atoms with Crippen molar-refractivity contribution in [3.63, 3.8) is 0 Å². The first kappa shape index (κ1) is 12.7. The SMILES string of the molecule is CCCCOC(=O)C12CCCC1(c1ccccc1)O2. The zero-order valence-corrected chi connectivity index (χ0v) is 11.4. The molecule has 1 heterocycles. The average molecular weight is 260 g/mol. The van der Waals surface area contributed by atoms with E-state index in [1.807, 2.05) is 30.3 Å². The Hall–Kier alpha value is -1.35. The smallest absolute Gasteiger partial charge is 0.341 e.